The second-order valence-electron chi connectivity index (χ2n) is 5.71. The van der Waals surface area contributed by atoms with Crippen molar-refractivity contribution in [3.8, 4) is 11.5 Å². The highest BCUT2D eigenvalue weighted by Crippen LogP contribution is 2.38. The van der Waals surface area contributed by atoms with Crippen molar-refractivity contribution in [2.75, 3.05) is 13.2 Å². The number of carboxylic acids is 1. The zero-order valence-corrected chi connectivity index (χ0v) is 12.0. The van der Waals surface area contributed by atoms with Crippen LogP contribution in [-0.2, 0) is 11.2 Å². The third-order valence-electron chi connectivity index (χ3n) is 3.46. The molecule has 0 fully saturated rings. The minimum Gasteiger partial charge on any atom is -0.490 e. The SMILES string of the molecule is CC(C)(Cc1cc2c(cc1C(F)F)OCCCO2)C(=O)O. The molecule has 0 saturated heterocycles. The molecule has 1 N–H and O–H groups in total. The Morgan fingerprint density at radius 3 is 2.38 bits per heavy atom. The number of hydrogen-bond acceptors (Lipinski definition) is 3. The summed E-state index contributed by atoms with van der Waals surface area (Å²) in [5, 5.41) is 9.17. The number of rotatable bonds is 4. The first-order chi connectivity index (χ1) is 9.81. The number of benzene rings is 1. The smallest absolute Gasteiger partial charge is 0.309 e. The predicted molar refractivity (Wildman–Crippen MR) is 72.1 cm³/mol. The Hall–Kier alpha value is -1.85. The molecule has 116 valence electrons. The van der Waals surface area contributed by atoms with Gasteiger partial charge in [0.05, 0.1) is 18.6 Å². The molecule has 0 unspecified atom stereocenters. The molecular formula is C15H18F2O4. The summed E-state index contributed by atoms with van der Waals surface area (Å²) in [6, 6.07) is 2.74. The molecule has 0 bridgehead atoms. The Balaban J connectivity index is 2.43. The highest BCUT2D eigenvalue weighted by Gasteiger charge is 2.30. The minimum atomic E-state index is -2.69. The van der Waals surface area contributed by atoms with Gasteiger partial charge in [0.2, 0.25) is 0 Å². The topological polar surface area (TPSA) is 55.8 Å². The number of aliphatic carboxylic acids is 1. The molecule has 0 aliphatic carbocycles. The van der Waals surface area contributed by atoms with Gasteiger partial charge in [-0.3, -0.25) is 4.79 Å². The first-order valence-corrected chi connectivity index (χ1v) is 6.75. The molecule has 1 aromatic rings. The zero-order valence-electron chi connectivity index (χ0n) is 12.0. The molecular weight excluding hydrogens is 282 g/mol. The molecule has 0 spiro atoms. The van der Waals surface area contributed by atoms with E-state index < -0.39 is 17.8 Å². The van der Waals surface area contributed by atoms with Crippen LogP contribution in [0.3, 0.4) is 0 Å². The molecule has 1 heterocycles. The third kappa shape index (κ3) is 3.43. The van der Waals surface area contributed by atoms with Crippen LogP contribution in [0.25, 0.3) is 0 Å². The molecule has 1 aromatic carbocycles. The van der Waals surface area contributed by atoms with Crippen molar-refractivity contribution in [3.05, 3.63) is 23.3 Å². The lowest BCUT2D eigenvalue weighted by Gasteiger charge is -2.22. The molecule has 1 aliphatic heterocycles. The lowest BCUT2D eigenvalue weighted by Crippen LogP contribution is -2.26. The van der Waals surface area contributed by atoms with Gasteiger partial charge in [0, 0.05) is 12.0 Å². The summed E-state index contributed by atoms with van der Waals surface area (Å²) in [5.41, 5.74) is -1.06. The van der Waals surface area contributed by atoms with Crippen molar-refractivity contribution < 1.29 is 28.2 Å². The van der Waals surface area contributed by atoms with Gasteiger partial charge in [-0.05, 0) is 38.0 Å². The Bertz CT molecular complexity index is 541. The van der Waals surface area contributed by atoms with E-state index in [0.717, 1.165) is 0 Å². The Morgan fingerprint density at radius 1 is 1.29 bits per heavy atom. The highest BCUT2D eigenvalue weighted by atomic mass is 19.3. The van der Waals surface area contributed by atoms with Gasteiger partial charge in [0.25, 0.3) is 6.43 Å². The van der Waals surface area contributed by atoms with Crippen molar-refractivity contribution >= 4 is 5.97 Å². The van der Waals surface area contributed by atoms with Gasteiger partial charge in [-0.25, -0.2) is 8.78 Å². The van der Waals surface area contributed by atoms with Crippen molar-refractivity contribution in [1.29, 1.82) is 0 Å². The summed E-state index contributed by atoms with van der Waals surface area (Å²) in [6.07, 6.45) is -2.02. The monoisotopic (exact) mass is 300 g/mol. The maximum atomic E-state index is 13.2. The number of fused-ring (bicyclic) bond motifs is 1. The summed E-state index contributed by atoms with van der Waals surface area (Å²) in [7, 11) is 0. The van der Waals surface area contributed by atoms with Gasteiger partial charge in [-0.2, -0.15) is 0 Å². The number of alkyl halides is 2. The van der Waals surface area contributed by atoms with E-state index in [1.54, 1.807) is 0 Å². The number of halogens is 2. The lowest BCUT2D eigenvalue weighted by molar-refractivity contribution is -0.146. The Kier molecular flexibility index (Phi) is 4.34. The van der Waals surface area contributed by atoms with Crippen LogP contribution in [0.2, 0.25) is 0 Å². The summed E-state index contributed by atoms with van der Waals surface area (Å²) in [5.74, 6) is -0.345. The first kappa shape index (κ1) is 15.5. The maximum absolute atomic E-state index is 13.2. The second-order valence-corrected chi connectivity index (χ2v) is 5.71. The van der Waals surface area contributed by atoms with Crippen LogP contribution in [0.4, 0.5) is 8.78 Å². The van der Waals surface area contributed by atoms with Crippen LogP contribution in [-0.4, -0.2) is 24.3 Å². The van der Waals surface area contributed by atoms with E-state index >= 15 is 0 Å². The zero-order chi connectivity index (χ0) is 15.6. The number of carboxylic acid groups (broad SMARTS) is 1. The fourth-order valence-corrected chi connectivity index (χ4v) is 2.17. The summed E-state index contributed by atoms with van der Waals surface area (Å²) in [4.78, 5) is 11.2. The van der Waals surface area contributed by atoms with Crippen LogP contribution < -0.4 is 9.47 Å². The summed E-state index contributed by atoms with van der Waals surface area (Å²) < 4.78 is 37.3. The van der Waals surface area contributed by atoms with Gasteiger partial charge in [0.1, 0.15) is 0 Å². The quantitative estimate of drug-likeness (QED) is 0.925. The lowest BCUT2D eigenvalue weighted by atomic mass is 9.84. The number of hydrogen-bond donors (Lipinski definition) is 1. The van der Waals surface area contributed by atoms with Crippen molar-refractivity contribution in [2.45, 2.75) is 33.1 Å². The average molecular weight is 300 g/mol. The second kappa shape index (κ2) is 5.87. The van der Waals surface area contributed by atoms with Crippen molar-refractivity contribution in [2.24, 2.45) is 5.41 Å². The summed E-state index contributed by atoms with van der Waals surface area (Å²) in [6.45, 7) is 3.87. The molecule has 0 amide bonds. The largest absolute Gasteiger partial charge is 0.490 e. The maximum Gasteiger partial charge on any atom is 0.309 e. The highest BCUT2D eigenvalue weighted by molar-refractivity contribution is 5.74. The molecule has 2 rings (SSSR count). The number of ether oxygens (including phenoxy) is 2. The Morgan fingerprint density at radius 2 is 1.86 bits per heavy atom. The molecule has 6 heteroatoms. The van der Waals surface area contributed by atoms with Crippen molar-refractivity contribution in [1.82, 2.24) is 0 Å². The molecule has 0 aromatic heterocycles. The molecule has 0 saturated carbocycles. The van der Waals surface area contributed by atoms with Crippen molar-refractivity contribution in [3.63, 3.8) is 0 Å². The molecule has 4 nitrogen and oxygen atoms in total. The van der Waals surface area contributed by atoms with E-state index in [4.69, 9.17) is 9.47 Å². The van der Waals surface area contributed by atoms with E-state index in [0.29, 0.717) is 31.1 Å². The van der Waals surface area contributed by atoms with Gasteiger partial charge in [-0.1, -0.05) is 0 Å². The van der Waals surface area contributed by atoms with E-state index in [1.165, 1.54) is 26.0 Å². The predicted octanol–water partition coefficient (Wildman–Crippen LogP) is 3.44. The van der Waals surface area contributed by atoms with Crippen LogP contribution in [0, 0.1) is 5.41 Å². The number of carbonyl (C=O) groups is 1. The van der Waals surface area contributed by atoms with Crippen LogP contribution >= 0.6 is 0 Å². The molecule has 1 aliphatic rings. The van der Waals surface area contributed by atoms with Gasteiger partial charge in [0.15, 0.2) is 11.5 Å². The van der Waals surface area contributed by atoms with Crippen LogP contribution in [0.5, 0.6) is 11.5 Å². The van der Waals surface area contributed by atoms with Gasteiger partial charge in [-0.15, -0.1) is 0 Å². The van der Waals surface area contributed by atoms with Gasteiger partial charge < -0.3 is 14.6 Å². The third-order valence-corrected chi connectivity index (χ3v) is 3.46. The minimum absolute atomic E-state index is 0.00134. The first-order valence-electron chi connectivity index (χ1n) is 6.75. The van der Waals surface area contributed by atoms with E-state index in [2.05, 4.69) is 0 Å². The average Bonchev–Trinajstić information content (AvgIpc) is 2.61. The van der Waals surface area contributed by atoms with E-state index in [1.807, 2.05) is 0 Å². The van der Waals surface area contributed by atoms with Gasteiger partial charge >= 0.3 is 5.97 Å². The van der Waals surface area contributed by atoms with Crippen LogP contribution in [0.15, 0.2) is 12.1 Å². The van der Waals surface area contributed by atoms with E-state index in [-0.39, 0.29) is 17.5 Å². The Labute approximate surface area is 121 Å². The molecule has 21 heavy (non-hydrogen) atoms. The normalized spacial score (nSPS) is 14.9. The fraction of sp³-hybridized carbons (Fsp3) is 0.533. The molecule has 0 radical (unpaired) electrons. The van der Waals surface area contributed by atoms with E-state index in [9.17, 15) is 18.7 Å². The van der Waals surface area contributed by atoms with Crippen LogP contribution in [0.1, 0.15) is 37.8 Å². The standard InChI is InChI=1S/C15H18F2O4/c1-15(2,14(18)19)8-9-6-11-12(7-10(9)13(16)17)21-5-3-4-20-11/h6-7,13H,3-5,8H2,1-2H3,(H,18,19). The fourth-order valence-electron chi connectivity index (χ4n) is 2.17. The summed E-state index contributed by atoms with van der Waals surface area (Å²) >= 11 is 0. The molecule has 0 atom stereocenters.